The number of nitrogens with one attached hydrogen (secondary N) is 1. The van der Waals surface area contributed by atoms with Crippen molar-refractivity contribution in [1.29, 1.82) is 0 Å². The minimum atomic E-state index is 0.911. The Morgan fingerprint density at radius 2 is 2.06 bits per heavy atom. The Labute approximate surface area is 109 Å². The van der Waals surface area contributed by atoms with Gasteiger partial charge in [-0.25, -0.2) is 0 Å². The first kappa shape index (κ1) is 11.3. The summed E-state index contributed by atoms with van der Waals surface area (Å²) >= 11 is 3.46. The van der Waals surface area contributed by atoms with Crippen LogP contribution in [0.5, 0.6) is 0 Å². The lowest BCUT2D eigenvalue weighted by Crippen LogP contribution is -2.42. The monoisotopic (exact) mass is 294 g/mol. The Morgan fingerprint density at radius 1 is 1.24 bits per heavy atom. The number of nitrogens with zero attached hydrogens (tertiary/aromatic N) is 1. The predicted molar refractivity (Wildman–Crippen MR) is 72.1 cm³/mol. The van der Waals surface area contributed by atoms with Crippen molar-refractivity contribution in [1.82, 2.24) is 10.2 Å². The van der Waals surface area contributed by atoms with Crippen LogP contribution >= 0.6 is 15.9 Å². The Morgan fingerprint density at radius 3 is 2.88 bits per heavy atom. The average Bonchev–Trinajstić information content (AvgIpc) is 2.71. The standard InChI is InChI=1S/C13H15BrN2O/c14-11-2-1-10-7-12(17-13(10)8-11)9-16-5-3-15-4-6-16/h1-2,7-8,15H,3-6,9H2. The van der Waals surface area contributed by atoms with Crippen LogP contribution in [0.1, 0.15) is 5.76 Å². The second-order valence-electron chi connectivity index (χ2n) is 4.42. The summed E-state index contributed by atoms with van der Waals surface area (Å²) in [5, 5.41) is 4.54. The smallest absolute Gasteiger partial charge is 0.135 e. The summed E-state index contributed by atoms with van der Waals surface area (Å²) in [6.07, 6.45) is 0. The quantitative estimate of drug-likeness (QED) is 0.923. The molecule has 17 heavy (non-hydrogen) atoms. The zero-order chi connectivity index (χ0) is 11.7. The first-order chi connectivity index (χ1) is 8.31. The van der Waals surface area contributed by atoms with Crippen molar-refractivity contribution in [2.45, 2.75) is 6.54 Å². The number of hydrogen-bond acceptors (Lipinski definition) is 3. The van der Waals surface area contributed by atoms with Gasteiger partial charge in [0.15, 0.2) is 0 Å². The molecular weight excluding hydrogens is 280 g/mol. The molecule has 0 bridgehead atoms. The van der Waals surface area contributed by atoms with Crippen LogP contribution in [-0.4, -0.2) is 31.1 Å². The Bertz CT molecular complexity index is 517. The molecule has 1 aliphatic heterocycles. The highest BCUT2D eigenvalue weighted by atomic mass is 79.9. The van der Waals surface area contributed by atoms with Crippen molar-refractivity contribution in [2.75, 3.05) is 26.2 Å². The number of piperazine rings is 1. The molecule has 2 heterocycles. The van der Waals surface area contributed by atoms with E-state index in [1.807, 2.05) is 12.1 Å². The molecule has 3 nitrogen and oxygen atoms in total. The molecule has 3 rings (SSSR count). The van der Waals surface area contributed by atoms with E-state index in [4.69, 9.17) is 4.42 Å². The number of rotatable bonds is 2. The number of hydrogen-bond donors (Lipinski definition) is 1. The van der Waals surface area contributed by atoms with Crippen LogP contribution in [0.15, 0.2) is 33.2 Å². The Balaban J connectivity index is 1.80. The second kappa shape index (κ2) is 4.80. The van der Waals surface area contributed by atoms with E-state index in [9.17, 15) is 0 Å². The van der Waals surface area contributed by atoms with E-state index in [2.05, 4.69) is 38.3 Å². The largest absolute Gasteiger partial charge is 0.460 e. The van der Waals surface area contributed by atoms with Crippen molar-refractivity contribution in [3.05, 3.63) is 34.5 Å². The molecule has 1 saturated heterocycles. The van der Waals surface area contributed by atoms with E-state index in [0.717, 1.165) is 48.5 Å². The van der Waals surface area contributed by atoms with Gasteiger partial charge in [-0.15, -0.1) is 0 Å². The van der Waals surface area contributed by atoms with Crippen molar-refractivity contribution in [3.8, 4) is 0 Å². The summed E-state index contributed by atoms with van der Waals surface area (Å²) in [7, 11) is 0. The number of benzene rings is 1. The fraction of sp³-hybridized carbons (Fsp3) is 0.385. The molecule has 4 heteroatoms. The first-order valence-electron chi connectivity index (χ1n) is 5.92. The highest BCUT2D eigenvalue weighted by Gasteiger charge is 2.12. The van der Waals surface area contributed by atoms with Gasteiger partial charge in [-0.05, 0) is 24.3 Å². The van der Waals surface area contributed by atoms with Crippen LogP contribution in [0.25, 0.3) is 11.0 Å². The predicted octanol–water partition coefficient (Wildman–Crippen LogP) is 2.60. The molecule has 1 aliphatic rings. The third-order valence-electron chi connectivity index (χ3n) is 3.12. The van der Waals surface area contributed by atoms with E-state index >= 15 is 0 Å². The minimum absolute atomic E-state index is 0.911. The average molecular weight is 295 g/mol. The molecule has 2 aromatic rings. The zero-order valence-corrected chi connectivity index (χ0v) is 11.2. The van der Waals surface area contributed by atoms with Crippen LogP contribution in [-0.2, 0) is 6.54 Å². The fourth-order valence-corrected chi connectivity index (χ4v) is 2.57. The van der Waals surface area contributed by atoms with Gasteiger partial charge in [0.05, 0.1) is 6.54 Å². The summed E-state index contributed by atoms with van der Waals surface area (Å²) in [4.78, 5) is 2.42. The molecule has 0 atom stereocenters. The molecule has 1 fully saturated rings. The van der Waals surface area contributed by atoms with E-state index in [-0.39, 0.29) is 0 Å². The molecule has 0 aliphatic carbocycles. The topological polar surface area (TPSA) is 28.4 Å². The molecule has 90 valence electrons. The highest BCUT2D eigenvalue weighted by molar-refractivity contribution is 9.10. The van der Waals surface area contributed by atoms with Crippen LogP contribution in [0, 0.1) is 0 Å². The van der Waals surface area contributed by atoms with Gasteiger partial charge in [0.25, 0.3) is 0 Å². The summed E-state index contributed by atoms with van der Waals surface area (Å²) in [5.74, 6) is 1.06. The SMILES string of the molecule is Brc1ccc2cc(CN3CCNCC3)oc2c1. The summed E-state index contributed by atoms with van der Waals surface area (Å²) in [6, 6.07) is 8.30. The lowest BCUT2D eigenvalue weighted by atomic mass is 10.2. The van der Waals surface area contributed by atoms with Gasteiger partial charge in [-0.2, -0.15) is 0 Å². The zero-order valence-electron chi connectivity index (χ0n) is 9.58. The molecule has 0 radical (unpaired) electrons. The van der Waals surface area contributed by atoms with Crippen LogP contribution < -0.4 is 5.32 Å². The third kappa shape index (κ3) is 2.54. The van der Waals surface area contributed by atoms with Gasteiger partial charge >= 0.3 is 0 Å². The lowest BCUT2D eigenvalue weighted by Gasteiger charge is -2.26. The van der Waals surface area contributed by atoms with Gasteiger partial charge in [-0.1, -0.05) is 15.9 Å². The number of furan rings is 1. The summed E-state index contributed by atoms with van der Waals surface area (Å²) in [5.41, 5.74) is 0.963. The molecule has 1 aromatic carbocycles. The van der Waals surface area contributed by atoms with Gasteiger partial charge in [0, 0.05) is 36.0 Å². The maximum absolute atomic E-state index is 5.86. The number of fused-ring (bicyclic) bond motifs is 1. The summed E-state index contributed by atoms with van der Waals surface area (Å²) in [6.45, 7) is 5.26. The van der Waals surface area contributed by atoms with E-state index in [0.29, 0.717) is 0 Å². The maximum Gasteiger partial charge on any atom is 0.135 e. The van der Waals surface area contributed by atoms with Crippen molar-refractivity contribution in [3.63, 3.8) is 0 Å². The molecule has 1 aromatic heterocycles. The van der Waals surface area contributed by atoms with Crippen LogP contribution in [0.3, 0.4) is 0 Å². The molecular formula is C13H15BrN2O. The highest BCUT2D eigenvalue weighted by Crippen LogP contribution is 2.24. The van der Waals surface area contributed by atoms with Gasteiger partial charge in [0.1, 0.15) is 11.3 Å². The normalized spacial score (nSPS) is 17.7. The van der Waals surface area contributed by atoms with Gasteiger partial charge in [0.2, 0.25) is 0 Å². The summed E-state index contributed by atoms with van der Waals surface area (Å²) < 4.78 is 6.92. The maximum atomic E-state index is 5.86. The number of halogens is 1. The lowest BCUT2D eigenvalue weighted by molar-refractivity contribution is 0.218. The van der Waals surface area contributed by atoms with Crippen LogP contribution in [0.4, 0.5) is 0 Å². The van der Waals surface area contributed by atoms with E-state index in [1.165, 1.54) is 5.39 Å². The third-order valence-corrected chi connectivity index (χ3v) is 3.62. The van der Waals surface area contributed by atoms with E-state index < -0.39 is 0 Å². The Kier molecular flexibility index (Phi) is 3.18. The van der Waals surface area contributed by atoms with Crippen molar-refractivity contribution >= 4 is 26.9 Å². The van der Waals surface area contributed by atoms with Crippen LogP contribution in [0.2, 0.25) is 0 Å². The first-order valence-corrected chi connectivity index (χ1v) is 6.71. The molecule has 0 spiro atoms. The van der Waals surface area contributed by atoms with Crippen molar-refractivity contribution in [2.24, 2.45) is 0 Å². The van der Waals surface area contributed by atoms with Crippen molar-refractivity contribution < 1.29 is 4.42 Å². The Hall–Kier alpha value is -0.840. The minimum Gasteiger partial charge on any atom is -0.460 e. The second-order valence-corrected chi connectivity index (χ2v) is 5.34. The molecule has 0 unspecified atom stereocenters. The fourth-order valence-electron chi connectivity index (χ4n) is 2.23. The van der Waals surface area contributed by atoms with Gasteiger partial charge < -0.3 is 9.73 Å². The van der Waals surface area contributed by atoms with E-state index in [1.54, 1.807) is 0 Å². The van der Waals surface area contributed by atoms with Gasteiger partial charge in [-0.3, -0.25) is 4.90 Å². The molecule has 1 N–H and O–H groups in total. The molecule has 0 saturated carbocycles. The molecule has 0 amide bonds.